The van der Waals surface area contributed by atoms with Crippen molar-refractivity contribution in [3.05, 3.63) is 80.5 Å². The monoisotopic (exact) mass is 377 g/mol. The first-order valence-electron chi connectivity index (χ1n) is 9.29. The molecule has 3 nitrogen and oxygen atoms in total. The predicted octanol–water partition coefficient (Wildman–Crippen LogP) is 5.68. The van der Waals surface area contributed by atoms with Crippen LogP contribution in [-0.4, -0.2) is 5.91 Å². The fourth-order valence-corrected chi connectivity index (χ4v) is 4.18. The Labute approximate surface area is 164 Å². The van der Waals surface area contributed by atoms with Crippen LogP contribution < -0.4 is 10.1 Å². The first-order valence-corrected chi connectivity index (χ1v) is 10.2. The number of carbonyl (C=O) groups is 1. The van der Waals surface area contributed by atoms with Crippen LogP contribution in [0.3, 0.4) is 0 Å². The van der Waals surface area contributed by atoms with Crippen LogP contribution in [0, 0.1) is 13.8 Å². The van der Waals surface area contributed by atoms with Crippen LogP contribution in [0.2, 0.25) is 0 Å². The second-order valence-corrected chi connectivity index (χ2v) is 8.06. The molecule has 1 aromatic heterocycles. The summed E-state index contributed by atoms with van der Waals surface area (Å²) in [6.07, 6.45) is 3.56. The Hall–Kier alpha value is -2.59. The summed E-state index contributed by atoms with van der Waals surface area (Å²) in [5, 5.41) is 4.96. The lowest BCUT2D eigenvalue weighted by atomic mass is 10.1. The minimum Gasteiger partial charge on any atom is -0.489 e. The van der Waals surface area contributed by atoms with Crippen LogP contribution in [0.15, 0.2) is 47.8 Å². The van der Waals surface area contributed by atoms with E-state index in [1.807, 2.05) is 42.6 Å². The van der Waals surface area contributed by atoms with Gasteiger partial charge in [0.1, 0.15) is 12.4 Å². The second-order valence-electron chi connectivity index (χ2n) is 7.15. The number of rotatable bonds is 5. The Morgan fingerprint density at radius 3 is 2.74 bits per heavy atom. The molecule has 2 aromatic carbocycles. The number of fused-ring (bicyclic) bond motifs is 1. The highest BCUT2D eigenvalue weighted by molar-refractivity contribution is 7.12. The van der Waals surface area contributed by atoms with Crippen LogP contribution in [0.1, 0.15) is 43.9 Å². The van der Waals surface area contributed by atoms with Crippen molar-refractivity contribution in [1.82, 2.24) is 0 Å². The van der Waals surface area contributed by atoms with E-state index in [2.05, 4.69) is 24.4 Å². The van der Waals surface area contributed by atoms with Gasteiger partial charge in [0.25, 0.3) is 5.91 Å². The number of amides is 1. The molecule has 0 atom stereocenters. The van der Waals surface area contributed by atoms with E-state index >= 15 is 0 Å². The number of benzene rings is 2. The Kier molecular flexibility index (Phi) is 4.99. The number of aryl methyl sites for hydroxylation is 4. The molecule has 0 saturated carbocycles. The molecule has 138 valence electrons. The fourth-order valence-electron chi connectivity index (χ4n) is 3.39. The molecule has 0 radical (unpaired) electrons. The quantitative estimate of drug-likeness (QED) is 0.621. The molecule has 1 N–H and O–H groups in total. The predicted molar refractivity (Wildman–Crippen MR) is 111 cm³/mol. The van der Waals surface area contributed by atoms with Crippen molar-refractivity contribution < 1.29 is 9.53 Å². The number of anilines is 1. The molecule has 0 saturated heterocycles. The minimum atomic E-state index is -0.0768. The summed E-state index contributed by atoms with van der Waals surface area (Å²) < 4.78 is 5.93. The summed E-state index contributed by atoms with van der Waals surface area (Å²) in [5.74, 6) is 0.829. The summed E-state index contributed by atoms with van der Waals surface area (Å²) in [6.45, 7) is 4.59. The van der Waals surface area contributed by atoms with Gasteiger partial charge in [0.2, 0.25) is 0 Å². The Balaban J connectivity index is 1.37. The molecule has 4 rings (SSSR count). The lowest BCUT2D eigenvalue weighted by molar-refractivity contribution is 0.103. The standard InChI is InChI=1S/C23H23NO2S/c1-15-6-8-20(10-16(15)2)24-23(25)22-11-17(14-27-22)13-26-21-9-7-18-4-3-5-19(18)12-21/h6-12,14H,3-5,13H2,1-2H3,(H,24,25). The van der Waals surface area contributed by atoms with Crippen molar-refractivity contribution in [2.75, 3.05) is 5.32 Å². The molecular weight excluding hydrogens is 354 g/mol. The highest BCUT2D eigenvalue weighted by Crippen LogP contribution is 2.27. The van der Waals surface area contributed by atoms with Gasteiger partial charge in [-0.3, -0.25) is 4.79 Å². The number of ether oxygens (including phenoxy) is 1. The van der Waals surface area contributed by atoms with E-state index < -0.39 is 0 Å². The summed E-state index contributed by atoms with van der Waals surface area (Å²) in [4.78, 5) is 13.2. The van der Waals surface area contributed by atoms with Crippen LogP contribution in [0.25, 0.3) is 0 Å². The zero-order chi connectivity index (χ0) is 18.8. The van der Waals surface area contributed by atoms with E-state index in [9.17, 15) is 4.79 Å². The maximum atomic E-state index is 12.5. The van der Waals surface area contributed by atoms with Crippen LogP contribution in [-0.2, 0) is 19.4 Å². The van der Waals surface area contributed by atoms with Gasteiger partial charge in [0.05, 0.1) is 4.88 Å². The van der Waals surface area contributed by atoms with Crippen molar-refractivity contribution in [2.45, 2.75) is 39.7 Å². The zero-order valence-corrected chi connectivity index (χ0v) is 16.5. The van der Waals surface area contributed by atoms with E-state index in [1.54, 1.807) is 0 Å². The SMILES string of the molecule is Cc1ccc(NC(=O)c2cc(COc3ccc4c(c3)CCC4)cs2)cc1C. The first kappa shape index (κ1) is 17.8. The highest BCUT2D eigenvalue weighted by Gasteiger charge is 2.13. The molecule has 0 spiro atoms. The Morgan fingerprint density at radius 1 is 1.04 bits per heavy atom. The normalized spacial score (nSPS) is 12.7. The van der Waals surface area contributed by atoms with Crippen LogP contribution >= 0.6 is 11.3 Å². The van der Waals surface area contributed by atoms with Gasteiger partial charge in [-0.15, -0.1) is 11.3 Å². The van der Waals surface area contributed by atoms with Gasteiger partial charge in [0.15, 0.2) is 0 Å². The third-order valence-electron chi connectivity index (χ3n) is 5.12. The molecule has 1 heterocycles. The second kappa shape index (κ2) is 7.57. The maximum Gasteiger partial charge on any atom is 0.265 e. The van der Waals surface area contributed by atoms with Crippen LogP contribution in [0.5, 0.6) is 5.75 Å². The van der Waals surface area contributed by atoms with E-state index in [0.29, 0.717) is 11.5 Å². The molecule has 3 aromatic rings. The molecular formula is C23H23NO2S. The lowest BCUT2D eigenvalue weighted by Crippen LogP contribution is -2.10. The smallest absolute Gasteiger partial charge is 0.265 e. The highest BCUT2D eigenvalue weighted by atomic mass is 32.1. The third kappa shape index (κ3) is 4.06. The van der Waals surface area contributed by atoms with Crippen molar-refractivity contribution in [1.29, 1.82) is 0 Å². The van der Waals surface area contributed by atoms with Gasteiger partial charge in [-0.1, -0.05) is 12.1 Å². The van der Waals surface area contributed by atoms with E-state index in [0.717, 1.165) is 23.4 Å². The number of carbonyl (C=O) groups excluding carboxylic acids is 1. The number of thiophene rings is 1. The molecule has 0 fully saturated rings. The maximum absolute atomic E-state index is 12.5. The first-order chi connectivity index (χ1) is 13.1. The number of hydrogen-bond acceptors (Lipinski definition) is 3. The Bertz CT molecular complexity index is 990. The van der Waals surface area contributed by atoms with E-state index in [-0.39, 0.29) is 5.91 Å². The third-order valence-corrected chi connectivity index (χ3v) is 6.10. The summed E-state index contributed by atoms with van der Waals surface area (Å²) in [6, 6.07) is 14.2. The van der Waals surface area contributed by atoms with Crippen LogP contribution in [0.4, 0.5) is 5.69 Å². The zero-order valence-electron chi connectivity index (χ0n) is 15.7. The molecule has 1 aliphatic rings. The molecule has 0 unspecified atom stereocenters. The van der Waals surface area contributed by atoms with Crippen molar-refractivity contribution in [3.8, 4) is 5.75 Å². The van der Waals surface area contributed by atoms with Gasteiger partial charge in [-0.05, 0) is 91.1 Å². The lowest BCUT2D eigenvalue weighted by Gasteiger charge is -2.07. The molecule has 1 aliphatic carbocycles. The minimum absolute atomic E-state index is 0.0768. The largest absolute Gasteiger partial charge is 0.489 e. The summed E-state index contributed by atoms with van der Waals surface area (Å²) >= 11 is 1.45. The summed E-state index contributed by atoms with van der Waals surface area (Å²) in [7, 11) is 0. The van der Waals surface area contributed by atoms with Gasteiger partial charge >= 0.3 is 0 Å². The van der Waals surface area contributed by atoms with Gasteiger partial charge in [-0.2, -0.15) is 0 Å². The molecule has 1 amide bonds. The van der Waals surface area contributed by atoms with Gasteiger partial charge in [-0.25, -0.2) is 0 Å². The number of hydrogen-bond donors (Lipinski definition) is 1. The van der Waals surface area contributed by atoms with Crippen molar-refractivity contribution in [2.24, 2.45) is 0 Å². The van der Waals surface area contributed by atoms with E-state index in [4.69, 9.17) is 4.74 Å². The Morgan fingerprint density at radius 2 is 1.89 bits per heavy atom. The van der Waals surface area contributed by atoms with E-state index in [1.165, 1.54) is 46.4 Å². The van der Waals surface area contributed by atoms with Crippen molar-refractivity contribution >= 4 is 22.9 Å². The van der Waals surface area contributed by atoms with Gasteiger partial charge < -0.3 is 10.1 Å². The molecule has 27 heavy (non-hydrogen) atoms. The average molecular weight is 378 g/mol. The average Bonchev–Trinajstić information content (AvgIpc) is 3.31. The topological polar surface area (TPSA) is 38.3 Å². The summed E-state index contributed by atoms with van der Waals surface area (Å²) in [5.41, 5.74) is 7.09. The molecule has 4 heteroatoms. The fraction of sp³-hybridized carbons (Fsp3) is 0.261. The molecule has 0 aliphatic heterocycles. The number of nitrogens with one attached hydrogen (secondary N) is 1. The van der Waals surface area contributed by atoms with Crippen molar-refractivity contribution in [3.63, 3.8) is 0 Å². The van der Waals surface area contributed by atoms with Gasteiger partial charge in [0, 0.05) is 11.3 Å². The molecule has 0 bridgehead atoms.